The topological polar surface area (TPSA) is 229 Å². The maximum atomic E-state index is 12.9. The minimum atomic E-state index is -0.843. The van der Waals surface area contributed by atoms with Gasteiger partial charge in [0, 0.05) is 18.7 Å². The summed E-state index contributed by atoms with van der Waals surface area (Å²) in [5, 5.41) is 19.9. The van der Waals surface area contributed by atoms with Crippen LogP contribution < -0.4 is 21.3 Å². The lowest BCUT2D eigenvalue weighted by atomic mass is 10.0. The highest BCUT2D eigenvalue weighted by Gasteiger charge is 2.27. The number of nitrogens with one attached hydrogen (secondary N) is 4. The van der Waals surface area contributed by atoms with Crippen molar-refractivity contribution in [2.24, 2.45) is 5.92 Å². The fourth-order valence-electron chi connectivity index (χ4n) is 4.66. The van der Waals surface area contributed by atoms with E-state index in [0.717, 1.165) is 0 Å². The van der Waals surface area contributed by atoms with E-state index in [1.165, 1.54) is 0 Å². The van der Waals surface area contributed by atoms with Gasteiger partial charge >= 0.3 is 6.09 Å². The van der Waals surface area contributed by atoms with Crippen LogP contribution in [0.4, 0.5) is 10.5 Å². The molecule has 19 heteroatoms. The van der Waals surface area contributed by atoms with Crippen LogP contribution in [0.1, 0.15) is 53.5 Å². The Bertz CT molecular complexity index is 1270. The molecule has 0 bridgehead atoms. The van der Waals surface area contributed by atoms with E-state index in [9.17, 15) is 19.2 Å². The Morgan fingerprint density at radius 2 is 0.967 bits per heavy atom. The SMILES string of the molecule is CC(C)[C@H](NC(=O)CCOCCOCCOCCOCCOCCOCCOCCOCCOCCNC(=O)OC(C)(C)C)C(=O)N[C@@H](C)C(=O)Nc1ccc(CO)cc1. The molecule has 0 aromatic heterocycles. The molecule has 0 spiro atoms. The molecule has 1 aromatic carbocycles. The smallest absolute Gasteiger partial charge is 0.407 e. The molecule has 0 saturated carbocycles. The lowest BCUT2D eigenvalue weighted by Crippen LogP contribution is -2.53. The molecule has 346 valence electrons. The summed E-state index contributed by atoms with van der Waals surface area (Å²) in [4.78, 5) is 49.5. The first-order chi connectivity index (χ1) is 28.8. The van der Waals surface area contributed by atoms with E-state index >= 15 is 0 Å². The standard InChI is InChI=1S/C41H72N4O15/c1-32(2)37(39(49)43-33(3)38(48)44-35-9-7-34(31-46)8-10-35)45-36(47)11-13-51-15-17-53-19-21-55-23-25-57-27-29-59-30-28-58-26-24-56-22-20-54-18-16-52-14-12-42-40(50)60-41(4,5)6/h7-10,32-33,37,46H,11-31H2,1-6H3,(H,42,50)(H,43,49)(H,44,48)(H,45,47)/t33-,37-/m0/s1. The molecule has 0 unspecified atom stereocenters. The van der Waals surface area contributed by atoms with E-state index in [1.807, 2.05) is 0 Å². The average Bonchev–Trinajstić information content (AvgIpc) is 3.20. The van der Waals surface area contributed by atoms with Crippen molar-refractivity contribution in [2.75, 3.05) is 131 Å². The number of ether oxygens (including phenoxy) is 10. The number of benzene rings is 1. The second kappa shape index (κ2) is 35.1. The number of alkyl carbamates (subject to hydrolysis) is 1. The van der Waals surface area contributed by atoms with Gasteiger partial charge in [-0.1, -0.05) is 26.0 Å². The highest BCUT2D eigenvalue weighted by molar-refractivity contribution is 5.98. The molecule has 0 aliphatic rings. The van der Waals surface area contributed by atoms with Crippen LogP contribution in [-0.2, 0) is 68.4 Å². The van der Waals surface area contributed by atoms with Crippen molar-refractivity contribution in [2.45, 2.75) is 72.3 Å². The number of hydrogen-bond acceptors (Lipinski definition) is 15. The third kappa shape index (κ3) is 31.4. The lowest BCUT2D eigenvalue weighted by Gasteiger charge is -2.24. The maximum Gasteiger partial charge on any atom is 0.407 e. The van der Waals surface area contributed by atoms with Crippen molar-refractivity contribution in [3.8, 4) is 0 Å². The van der Waals surface area contributed by atoms with Gasteiger partial charge in [-0.25, -0.2) is 4.79 Å². The van der Waals surface area contributed by atoms with Gasteiger partial charge in [-0.2, -0.15) is 0 Å². The van der Waals surface area contributed by atoms with E-state index in [4.69, 9.17) is 52.5 Å². The summed E-state index contributed by atoms with van der Waals surface area (Å²) in [6.07, 6.45) is -0.404. The predicted octanol–water partition coefficient (Wildman–Crippen LogP) is 1.83. The molecular formula is C41H72N4O15. The van der Waals surface area contributed by atoms with Crippen molar-refractivity contribution in [1.82, 2.24) is 16.0 Å². The monoisotopic (exact) mass is 860 g/mol. The Morgan fingerprint density at radius 1 is 0.567 bits per heavy atom. The first-order valence-corrected chi connectivity index (χ1v) is 20.6. The van der Waals surface area contributed by atoms with Crippen LogP contribution in [0.25, 0.3) is 0 Å². The zero-order valence-electron chi connectivity index (χ0n) is 36.6. The first kappa shape index (κ1) is 54.5. The third-order valence-electron chi connectivity index (χ3n) is 7.79. The summed E-state index contributed by atoms with van der Waals surface area (Å²) in [6, 6.07) is 5.04. The Labute approximate surface area is 355 Å². The summed E-state index contributed by atoms with van der Waals surface area (Å²) >= 11 is 0. The van der Waals surface area contributed by atoms with Gasteiger partial charge in [0.2, 0.25) is 17.7 Å². The lowest BCUT2D eigenvalue weighted by molar-refractivity contribution is -0.132. The number of carbonyl (C=O) groups excluding carboxylic acids is 4. The quantitative estimate of drug-likeness (QED) is 0.0602. The van der Waals surface area contributed by atoms with Gasteiger partial charge in [-0.05, 0) is 51.3 Å². The van der Waals surface area contributed by atoms with Crippen LogP contribution in [0.15, 0.2) is 24.3 Å². The van der Waals surface area contributed by atoms with Gasteiger partial charge in [0.25, 0.3) is 0 Å². The summed E-state index contributed by atoms with van der Waals surface area (Å²) in [5.41, 5.74) is 0.724. The molecule has 1 rings (SSSR count). The summed E-state index contributed by atoms with van der Waals surface area (Å²) in [6.45, 7) is 18.1. The summed E-state index contributed by atoms with van der Waals surface area (Å²) in [5.74, 6) is -1.43. The Balaban J connectivity index is 1.86. The molecular weight excluding hydrogens is 788 g/mol. The predicted molar refractivity (Wildman–Crippen MR) is 222 cm³/mol. The molecule has 0 radical (unpaired) electrons. The molecule has 0 aliphatic heterocycles. The number of anilines is 1. The average molecular weight is 861 g/mol. The van der Waals surface area contributed by atoms with Crippen LogP contribution in [0.5, 0.6) is 0 Å². The fourth-order valence-corrected chi connectivity index (χ4v) is 4.66. The Hall–Kier alpha value is -3.50. The zero-order valence-corrected chi connectivity index (χ0v) is 36.6. The number of aliphatic hydroxyl groups excluding tert-OH is 1. The number of rotatable bonds is 37. The van der Waals surface area contributed by atoms with Gasteiger partial charge in [0.1, 0.15) is 17.7 Å². The van der Waals surface area contributed by atoms with E-state index < -0.39 is 35.6 Å². The molecule has 4 amide bonds. The van der Waals surface area contributed by atoms with Gasteiger partial charge in [0.05, 0.1) is 126 Å². The van der Waals surface area contributed by atoms with Gasteiger partial charge < -0.3 is 73.7 Å². The van der Waals surface area contributed by atoms with Gasteiger partial charge in [-0.3, -0.25) is 14.4 Å². The van der Waals surface area contributed by atoms with E-state index in [2.05, 4.69) is 21.3 Å². The van der Waals surface area contributed by atoms with Crippen molar-refractivity contribution in [3.63, 3.8) is 0 Å². The van der Waals surface area contributed by atoms with Crippen LogP contribution in [-0.4, -0.2) is 172 Å². The number of amides is 4. The Morgan fingerprint density at radius 3 is 1.35 bits per heavy atom. The molecule has 19 nitrogen and oxygen atoms in total. The number of carbonyl (C=O) groups is 4. The normalized spacial score (nSPS) is 12.5. The molecule has 0 saturated heterocycles. The molecule has 1 aromatic rings. The summed E-state index contributed by atoms with van der Waals surface area (Å²) < 4.78 is 54.3. The first-order valence-electron chi connectivity index (χ1n) is 20.6. The van der Waals surface area contributed by atoms with Crippen molar-refractivity contribution in [3.05, 3.63) is 29.8 Å². The van der Waals surface area contributed by atoms with E-state index in [1.54, 1.807) is 65.8 Å². The maximum absolute atomic E-state index is 12.9. The van der Waals surface area contributed by atoms with Crippen LogP contribution in [0.2, 0.25) is 0 Å². The number of aliphatic hydroxyl groups is 1. The minimum Gasteiger partial charge on any atom is -0.444 e. The largest absolute Gasteiger partial charge is 0.444 e. The van der Waals surface area contributed by atoms with E-state index in [0.29, 0.717) is 130 Å². The van der Waals surface area contributed by atoms with Gasteiger partial charge in [-0.15, -0.1) is 0 Å². The van der Waals surface area contributed by atoms with Crippen molar-refractivity contribution in [1.29, 1.82) is 0 Å². The van der Waals surface area contributed by atoms with Gasteiger partial charge in [0.15, 0.2) is 0 Å². The molecule has 2 atom stereocenters. The highest BCUT2D eigenvalue weighted by atomic mass is 16.6. The van der Waals surface area contributed by atoms with Crippen LogP contribution in [0, 0.1) is 5.92 Å². The van der Waals surface area contributed by atoms with Crippen molar-refractivity contribution >= 4 is 29.5 Å². The Kier molecular flexibility index (Phi) is 31.9. The third-order valence-corrected chi connectivity index (χ3v) is 7.79. The van der Waals surface area contributed by atoms with E-state index in [-0.39, 0.29) is 31.5 Å². The fraction of sp³-hybridized carbons (Fsp3) is 0.756. The molecule has 60 heavy (non-hydrogen) atoms. The number of hydrogen-bond donors (Lipinski definition) is 5. The van der Waals surface area contributed by atoms with Crippen LogP contribution in [0.3, 0.4) is 0 Å². The second-order valence-corrected chi connectivity index (χ2v) is 14.6. The molecule has 0 aliphatic carbocycles. The molecule has 0 fully saturated rings. The molecule has 5 N–H and O–H groups in total. The zero-order chi connectivity index (χ0) is 44.3. The second-order valence-electron chi connectivity index (χ2n) is 14.6. The minimum absolute atomic E-state index is 0.0612. The molecule has 0 heterocycles. The van der Waals surface area contributed by atoms with Crippen LogP contribution >= 0.6 is 0 Å². The van der Waals surface area contributed by atoms with Crippen molar-refractivity contribution < 1.29 is 71.7 Å². The summed E-state index contributed by atoms with van der Waals surface area (Å²) in [7, 11) is 0. The highest BCUT2D eigenvalue weighted by Crippen LogP contribution is 2.10.